The maximum atomic E-state index is 12.1. The average molecular weight is 349 g/mol. The zero-order valence-electron chi connectivity index (χ0n) is 12.9. The van der Waals surface area contributed by atoms with Gasteiger partial charge in [0, 0.05) is 11.3 Å². The lowest BCUT2D eigenvalue weighted by Gasteiger charge is -2.10. The standard InChI is InChI=1S/C14H18F3N3O2S/c1-9(2)22-13(21)19-11-6-4-10(5-7-11)12(23-3)20-18-8-14(15,16)17/h4-7,9,18H,8H2,1-3H3,(H,19,21)/b20-12-. The summed E-state index contributed by atoms with van der Waals surface area (Å²) in [7, 11) is 0. The van der Waals surface area contributed by atoms with E-state index in [1.807, 2.05) is 5.43 Å². The van der Waals surface area contributed by atoms with E-state index in [9.17, 15) is 18.0 Å². The molecule has 0 heterocycles. The van der Waals surface area contributed by atoms with Gasteiger partial charge in [-0.05, 0) is 32.2 Å². The molecule has 5 nitrogen and oxygen atoms in total. The predicted octanol–water partition coefficient (Wildman–Crippen LogP) is 3.82. The molecule has 2 N–H and O–H groups in total. The molecule has 1 aromatic rings. The van der Waals surface area contributed by atoms with Crippen molar-refractivity contribution in [1.82, 2.24) is 5.43 Å². The third-order valence-corrected chi connectivity index (χ3v) is 3.09. The number of halogens is 3. The van der Waals surface area contributed by atoms with Gasteiger partial charge in [-0.25, -0.2) is 4.79 Å². The predicted molar refractivity (Wildman–Crippen MR) is 85.8 cm³/mol. The Labute approximate surface area is 136 Å². The topological polar surface area (TPSA) is 62.7 Å². The van der Waals surface area contributed by atoms with Crippen LogP contribution in [-0.4, -0.2) is 36.2 Å². The van der Waals surface area contributed by atoms with Crippen molar-refractivity contribution in [1.29, 1.82) is 0 Å². The van der Waals surface area contributed by atoms with E-state index in [0.29, 0.717) is 16.3 Å². The molecule has 128 valence electrons. The van der Waals surface area contributed by atoms with Crippen molar-refractivity contribution in [2.24, 2.45) is 5.10 Å². The van der Waals surface area contributed by atoms with Crippen molar-refractivity contribution >= 4 is 28.6 Å². The lowest BCUT2D eigenvalue weighted by molar-refractivity contribution is -0.124. The molecule has 23 heavy (non-hydrogen) atoms. The number of ether oxygens (including phenoxy) is 1. The van der Waals surface area contributed by atoms with Gasteiger partial charge in [-0.1, -0.05) is 12.1 Å². The number of amides is 1. The van der Waals surface area contributed by atoms with Gasteiger partial charge in [0.2, 0.25) is 0 Å². The molecular formula is C14H18F3N3O2S. The van der Waals surface area contributed by atoms with Gasteiger partial charge in [-0.2, -0.15) is 18.3 Å². The van der Waals surface area contributed by atoms with Crippen LogP contribution in [-0.2, 0) is 4.74 Å². The van der Waals surface area contributed by atoms with Gasteiger partial charge in [0.1, 0.15) is 11.6 Å². The Balaban J connectivity index is 2.69. The van der Waals surface area contributed by atoms with Crippen molar-refractivity contribution in [2.45, 2.75) is 26.1 Å². The highest BCUT2D eigenvalue weighted by molar-refractivity contribution is 8.13. The minimum Gasteiger partial charge on any atom is -0.447 e. The Morgan fingerprint density at radius 2 is 1.91 bits per heavy atom. The van der Waals surface area contributed by atoms with E-state index in [0.717, 1.165) is 0 Å². The summed E-state index contributed by atoms with van der Waals surface area (Å²) in [4.78, 5) is 11.5. The van der Waals surface area contributed by atoms with E-state index in [1.165, 1.54) is 11.8 Å². The number of alkyl halides is 3. The highest BCUT2D eigenvalue weighted by atomic mass is 32.2. The van der Waals surface area contributed by atoms with Crippen LogP contribution in [0.1, 0.15) is 19.4 Å². The smallest absolute Gasteiger partial charge is 0.411 e. The van der Waals surface area contributed by atoms with Crippen LogP contribution in [0.3, 0.4) is 0 Å². The SMILES string of the molecule is CS/C(=N\NCC(F)(F)F)c1ccc(NC(=O)OC(C)C)cc1. The van der Waals surface area contributed by atoms with Crippen LogP contribution < -0.4 is 10.7 Å². The molecule has 1 rings (SSSR count). The van der Waals surface area contributed by atoms with Gasteiger partial charge in [-0.15, -0.1) is 11.8 Å². The fourth-order valence-electron chi connectivity index (χ4n) is 1.49. The molecule has 0 fully saturated rings. The van der Waals surface area contributed by atoms with E-state index >= 15 is 0 Å². The molecule has 0 radical (unpaired) electrons. The number of nitrogens with zero attached hydrogens (tertiary/aromatic N) is 1. The second-order valence-electron chi connectivity index (χ2n) is 4.73. The van der Waals surface area contributed by atoms with Crippen LogP contribution in [0.25, 0.3) is 0 Å². The number of anilines is 1. The van der Waals surface area contributed by atoms with Gasteiger partial charge in [0.25, 0.3) is 0 Å². The van der Waals surface area contributed by atoms with Crippen molar-refractivity contribution in [2.75, 3.05) is 18.1 Å². The Morgan fingerprint density at radius 1 is 1.30 bits per heavy atom. The van der Waals surface area contributed by atoms with Crippen molar-refractivity contribution in [3.63, 3.8) is 0 Å². The highest BCUT2D eigenvalue weighted by Crippen LogP contribution is 2.16. The highest BCUT2D eigenvalue weighted by Gasteiger charge is 2.26. The van der Waals surface area contributed by atoms with Crippen LogP contribution in [0.15, 0.2) is 29.4 Å². The molecule has 0 aliphatic rings. The minimum atomic E-state index is -4.32. The zero-order chi connectivity index (χ0) is 17.5. The minimum absolute atomic E-state index is 0.232. The molecular weight excluding hydrogens is 331 g/mol. The molecule has 0 aromatic heterocycles. The molecule has 0 spiro atoms. The average Bonchev–Trinajstić information content (AvgIpc) is 2.42. The number of hydrogen-bond donors (Lipinski definition) is 2. The van der Waals surface area contributed by atoms with Crippen LogP contribution in [0.4, 0.5) is 23.7 Å². The zero-order valence-corrected chi connectivity index (χ0v) is 13.7. The van der Waals surface area contributed by atoms with Crippen molar-refractivity contribution in [3.8, 4) is 0 Å². The second-order valence-corrected chi connectivity index (χ2v) is 5.52. The van der Waals surface area contributed by atoms with E-state index in [4.69, 9.17) is 4.74 Å². The fourth-order valence-corrected chi connectivity index (χ4v) is 2.01. The summed E-state index contributed by atoms with van der Waals surface area (Å²) < 4.78 is 41.2. The normalized spacial score (nSPS) is 12.2. The van der Waals surface area contributed by atoms with Crippen LogP contribution in [0, 0.1) is 0 Å². The van der Waals surface area contributed by atoms with Crippen LogP contribution in [0.2, 0.25) is 0 Å². The number of hydrogen-bond acceptors (Lipinski definition) is 5. The summed E-state index contributed by atoms with van der Waals surface area (Å²) in [6.45, 7) is 2.27. The maximum absolute atomic E-state index is 12.1. The molecule has 0 unspecified atom stereocenters. The van der Waals surface area contributed by atoms with E-state index in [-0.39, 0.29) is 6.10 Å². The first-order valence-corrected chi connectivity index (χ1v) is 7.93. The fraction of sp³-hybridized carbons (Fsp3) is 0.429. The lowest BCUT2D eigenvalue weighted by atomic mass is 10.2. The number of benzene rings is 1. The molecule has 0 aliphatic carbocycles. The first-order chi connectivity index (χ1) is 10.7. The van der Waals surface area contributed by atoms with Crippen molar-refractivity contribution < 1.29 is 22.7 Å². The summed E-state index contributed by atoms with van der Waals surface area (Å²) in [5, 5.41) is 6.68. The number of rotatable bonds is 5. The monoisotopic (exact) mass is 349 g/mol. The number of carbonyl (C=O) groups is 1. The Morgan fingerprint density at radius 3 is 2.39 bits per heavy atom. The second kappa shape index (κ2) is 8.66. The van der Waals surface area contributed by atoms with Gasteiger partial charge < -0.3 is 4.74 Å². The molecule has 9 heteroatoms. The molecule has 0 saturated heterocycles. The molecule has 1 aromatic carbocycles. The van der Waals surface area contributed by atoms with E-state index in [1.54, 1.807) is 44.4 Å². The molecule has 0 bridgehead atoms. The third kappa shape index (κ3) is 7.78. The summed E-state index contributed by atoms with van der Waals surface area (Å²) in [5.41, 5.74) is 3.15. The summed E-state index contributed by atoms with van der Waals surface area (Å²) >= 11 is 1.21. The largest absolute Gasteiger partial charge is 0.447 e. The molecule has 1 amide bonds. The Kier molecular flexibility index (Phi) is 7.21. The Hall–Kier alpha value is -1.90. The van der Waals surface area contributed by atoms with Gasteiger partial charge in [-0.3, -0.25) is 10.7 Å². The summed E-state index contributed by atoms with van der Waals surface area (Å²) in [5.74, 6) is 0. The third-order valence-electron chi connectivity index (χ3n) is 2.37. The Bertz CT molecular complexity index is 545. The number of carbonyl (C=O) groups excluding carboxylic acids is 1. The van der Waals surface area contributed by atoms with Crippen LogP contribution in [0.5, 0.6) is 0 Å². The number of thioether (sulfide) groups is 1. The first-order valence-electron chi connectivity index (χ1n) is 6.70. The number of hydrazone groups is 1. The van der Waals surface area contributed by atoms with Gasteiger partial charge in [0.15, 0.2) is 0 Å². The van der Waals surface area contributed by atoms with Crippen LogP contribution >= 0.6 is 11.8 Å². The number of nitrogens with one attached hydrogen (secondary N) is 2. The first kappa shape index (κ1) is 19.1. The maximum Gasteiger partial charge on any atom is 0.411 e. The summed E-state index contributed by atoms with van der Waals surface area (Å²) in [6.07, 6.45) is -3.42. The quantitative estimate of drug-likeness (QED) is 0.482. The summed E-state index contributed by atoms with van der Waals surface area (Å²) in [6, 6.07) is 6.53. The van der Waals surface area contributed by atoms with Crippen molar-refractivity contribution in [3.05, 3.63) is 29.8 Å². The molecule has 0 aliphatic heterocycles. The lowest BCUT2D eigenvalue weighted by Crippen LogP contribution is -2.25. The molecule has 0 atom stereocenters. The van der Waals surface area contributed by atoms with E-state index < -0.39 is 18.8 Å². The molecule has 0 saturated carbocycles. The van der Waals surface area contributed by atoms with E-state index in [2.05, 4.69) is 10.4 Å². The van der Waals surface area contributed by atoms with Gasteiger partial charge >= 0.3 is 12.3 Å². The van der Waals surface area contributed by atoms with Gasteiger partial charge in [0.05, 0.1) is 6.10 Å².